The molecule has 0 bridgehead atoms. The van der Waals surface area contributed by atoms with Crippen molar-refractivity contribution >= 4 is 29.1 Å². The average Bonchev–Trinajstić information content (AvgIpc) is 3.11. The van der Waals surface area contributed by atoms with E-state index in [2.05, 4.69) is 15.2 Å². The number of hydrogen-bond donors (Lipinski definition) is 3. The van der Waals surface area contributed by atoms with Crippen molar-refractivity contribution in [1.29, 1.82) is 0 Å². The van der Waals surface area contributed by atoms with Gasteiger partial charge < -0.3 is 15.7 Å². The Labute approximate surface area is 150 Å². The number of alkyl halides is 2. The first-order valence-corrected chi connectivity index (χ1v) is 9.21. The smallest absolute Gasteiger partial charge is 0.291 e. The molecular weight excluding hydrogens is 353 g/mol. The molecule has 0 aromatic carbocycles. The van der Waals surface area contributed by atoms with E-state index in [0.29, 0.717) is 25.9 Å². The Morgan fingerprint density at radius 2 is 2.00 bits per heavy atom. The van der Waals surface area contributed by atoms with Gasteiger partial charge in [-0.1, -0.05) is 0 Å². The molecule has 0 radical (unpaired) electrons. The molecule has 24 heavy (non-hydrogen) atoms. The molecule has 5 atom stereocenters. The van der Waals surface area contributed by atoms with Crippen molar-refractivity contribution in [2.75, 3.05) is 13.1 Å². The van der Waals surface area contributed by atoms with Crippen LogP contribution >= 0.6 is 23.2 Å². The van der Waals surface area contributed by atoms with Gasteiger partial charge in [0, 0.05) is 25.0 Å². The Balaban J connectivity index is 1.55. The summed E-state index contributed by atoms with van der Waals surface area (Å²) in [6, 6.07) is -0.132. The molecule has 1 aromatic rings. The Bertz CT molecular complexity index is 550. The maximum atomic E-state index is 12.3. The molecule has 4 N–H and O–H groups in total. The zero-order valence-corrected chi connectivity index (χ0v) is 14.8. The number of carbonyl (C=O) groups is 1. The van der Waals surface area contributed by atoms with Crippen LogP contribution in [0.3, 0.4) is 0 Å². The van der Waals surface area contributed by atoms with Gasteiger partial charge in [0.2, 0.25) is 5.82 Å². The van der Waals surface area contributed by atoms with E-state index < -0.39 is 6.10 Å². The molecule has 1 aliphatic carbocycles. The molecule has 0 spiro atoms. The zero-order valence-electron chi connectivity index (χ0n) is 13.3. The molecule has 2 fully saturated rings. The third kappa shape index (κ3) is 3.69. The van der Waals surface area contributed by atoms with Crippen LogP contribution in [0.1, 0.15) is 36.3 Å². The van der Waals surface area contributed by atoms with Crippen LogP contribution in [-0.2, 0) is 0 Å². The minimum Gasteiger partial charge on any atom is -0.393 e. The van der Waals surface area contributed by atoms with E-state index in [1.165, 1.54) is 6.33 Å². The average molecular weight is 376 g/mol. The van der Waals surface area contributed by atoms with E-state index in [9.17, 15) is 9.90 Å². The van der Waals surface area contributed by atoms with Crippen molar-refractivity contribution < 1.29 is 9.90 Å². The van der Waals surface area contributed by atoms with Gasteiger partial charge in [-0.2, -0.15) is 5.10 Å². The number of nitrogens with one attached hydrogen (secondary N) is 1. The number of amides is 1. The third-order valence-corrected chi connectivity index (χ3v) is 6.43. The van der Waals surface area contributed by atoms with Gasteiger partial charge in [-0.25, -0.2) is 4.98 Å². The van der Waals surface area contributed by atoms with Gasteiger partial charge in [-0.3, -0.25) is 9.89 Å². The summed E-state index contributed by atoms with van der Waals surface area (Å²) in [5.74, 6) is 0.352. The topological polar surface area (TPSA) is 108 Å². The maximum absolute atomic E-state index is 12.3. The standard InChI is InChI=1S/C15H23Cl2N5O2/c16-10-5-9(12(23)6-11(10)17)13(18)8-1-3-22(4-2-8)15(24)14-19-7-20-21-14/h7-13,23H,1-6,18H2,(H,19,20,21)/t9?,10?,11?,12?,13-/m1/s1. The van der Waals surface area contributed by atoms with Crippen molar-refractivity contribution in [3.8, 4) is 0 Å². The van der Waals surface area contributed by atoms with Crippen LogP contribution in [-0.4, -0.2) is 67.1 Å². The molecular formula is C15H23Cl2N5O2. The Morgan fingerprint density at radius 3 is 2.62 bits per heavy atom. The molecule has 3 rings (SSSR count). The van der Waals surface area contributed by atoms with Crippen LogP contribution in [0.25, 0.3) is 0 Å². The fourth-order valence-corrected chi connectivity index (χ4v) is 4.42. The fraction of sp³-hybridized carbons (Fsp3) is 0.800. The van der Waals surface area contributed by atoms with Crippen molar-refractivity contribution in [3.63, 3.8) is 0 Å². The highest BCUT2D eigenvalue weighted by Gasteiger charge is 2.40. The number of piperidine rings is 1. The zero-order chi connectivity index (χ0) is 17.3. The second kappa shape index (κ2) is 7.56. The molecule has 1 saturated heterocycles. The van der Waals surface area contributed by atoms with E-state index in [-0.39, 0.29) is 40.4 Å². The fourth-order valence-electron chi connectivity index (χ4n) is 3.83. The number of H-pyrrole nitrogens is 1. The summed E-state index contributed by atoms with van der Waals surface area (Å²) in [6.07, 6.45) is 3.55. The largest absolute Gasteiger partial charge is 0.393 e. The van der Waals surface area contributed by atoms with Crippen molar-refractivity contribution in [2.24, 2.45) is 17.6 Å². The van der Waals surface area contributed by atoms with E-state index >= 15 is 0 Å². The Morgan fingerprint density at radius 1 is 1.33 bits per heavy atom. The minimum absolute atomic E-state index is 0.0379. The summed E-state index contributed by atoms with van der Waals surface area (Å²) in [5.41, 5.74) is 6.44. The lowest BCUT2D eigenvalue weighted by atomic mass is 9.74. The van der Waals surface area contributed by atoms with Gasteiger partial charge in [-0.05, 0) is 31.6 Å². The summed E-state index contributed by atoms with van der Waals surface area (Å²) in [5, 5.41) is 16.3. The molecule has 134 valence electrons. The first kappa shape index (κ1) is 17.9. The number of likely N-dealkylation sites (tertiary alicyclic amines) is 1. The van der Waals surface area contributed by atoms with Crippen LogP contribution in [0.2, 0.25) is 0 Å². The van der Waals surface area contributed by atoms with Crippen molar-refractivity contribution in [2.45, 2.75) is 48.6 Å². The van der Waals surface area contributed by atoms with Crippen LogP contribution in [0.5, 0.6) is 0 Å². The molecule has 7 nitrogen and oxygen atoms in total. The molecule has 1 aliphatic heterocycles. The maximum Gasteiger partial charge on any atom is 0.291 e. The van der Waals surface area contributed by atoms with Crippen LogP contribution in [0.4, 0.5) is 0 Å². The summed E-state index contributed by atoms with van der Waals surface area (Å²) < 4.78 is 0. The van der Waals surface area contributed by atoms with E-state index in [4.69, 9.17) is 28.9 Å². The number of rotatable bonds is 3. The predicted molar refractivity (Wildman–Crippen MR) is 91.0 cm³/mol. The molecule has 1 aromatic heterocycles. The number of aliphatic hydroxyl groups excluding tert-OH is 1. The highest BCUT2D eigenvalue weighted by atomic mass is 35.5. The Hall–Kier alpha value is -0.890. The number of aliphatic hydroxyl groups is 1. The highest BCUT2D eigenvalue weighted by molar-refractivity contribution is 6.30. The number of aromatic nitrogens is 3. The van der Waals surface area contributed by atoms with Crippen LogP contribution in [0, 0.1) is 11.8 Å². The van der Waals surface area contributed by atoms with Gasteiger partial charge in [0.05, 0.1) is 16.9 Å². The SMILES string of the molecule is N[C@H](C1CCN(C(=O)c2ncn[nH]2)CC1)C1CC(Cl)C(Cl)CC1O. The number of aromatic amines is 1. The summed E-state index contributed by atoms with van der Waals surface area (Å²) in [6.45, 7) is 1.26. The second-order valence-electron chi connectivity index (χ2n) is 6.78. The summed E-state index contributed by atoms with van der Waals surface area (Å²) in [4.78, 5) is 17.9. The summed E-state index contributed by atoms with van der Waals surface area (Å²) in [7, 11) is 0. The monoisotopic (exact) mass is 375 g/mol. The lowest BCUT2D eigenvalue weighted by Gasteiger charge is -2.42. The lowest BCUT2D eigenvalue weighted by Crippen LogP contribution is -2.51. The number of nitrogens with two attached hydrogens (primary N) is 1. The van der Waals surface area contributed by atoms with Gasteiger partial charge in [0.1, 0.15) is 6.33 Å². The van der Waals surface area contributed by atoms with Gasteiger partial charge in [0.15, 0.2) is 0 Å². The molecule has 2 aliphatic rings. The second-order valence-corrected chi connectivity index (χ2v) is 7.90. The van der Waals surface area contributed by atoms with Crippen molar-refractivity contribution in [3.05, 3.63) is 12.2 Å². The quantitative estimate of drug-likeness (QED) is 0.682. The first-order chi connectivity index (χ1) is 11.5. The third-order valence-electron chi connectivity index (χ3n) is 5.33. The first-order valence-electron chi connectivity index (χ1n) is 8.33. The summed E-state index contributed by atoms with van der Waals surface area (Å²) >= 11 is 12.4. The van der Waals surface area contributed by atoms with Gasteiger partial charge >= 0.3 is 0 Å². The molecule has 2 heterocycles. The molecule has 1 amide bonds. The predicted octanol–water partition coefficient (Wildman–Crippen LogP) is 0.970. The Kier molecular flexibility index (Phi) is 5.64. The van der Waals surface area contributed by atoms with Crippen molar-refractivity contribution in [1.82, 2.24) is 20.1 Å². The van der Waals surface area contributed by atoms with E-state index in [1.54, 1.807) is 4.90 Å². The number of carbonyl (C=O) groups excluding carboxylic acids is 1. The highest BCUT2D eigenvalue weighted by Crippen LogP contribution is 2.36. The number of nitrogens with zero attached hydrogens (tertiary/aromatic N) is 3. The lowest BCUT2D eigenvalue weighted by molar-refractivity contribution is 0.0336. The van der Waals surface area contributed by atoms with Crippen LogP contribution < -0.4 is 5.73 Å². The van der Waals surface area contributed by atoms with Crippen LogP contribution in [0.15, 0.2) is 6.33 Å². The minimum atomic E-state index is -0.508. The number of hydrogen-bond acceptors (Lipinski definition) is 5. The van der Waals surface area contributed by atoms with Gasteiger partial charge in [0.25, 0.3) is 5.91 Å². The van der Waals surface area contributed by atoms with Gasteiger partial charge in [-0.15, -0.1) is 23.2 Å². The van der Waals surface area contributed by atoms with E-state index in [1.807, 2.05) is 0 Å². The molecule has 9 heteroatoms. The van der Waals surface area contributed by atoms with E-state index in [0.717, 1.165) is 12.8 Å². The molecule has 1 saturated carbocycles. The number of halogens is 2. The molecule has 4 unspecified atom stereocenters. The normalized spacial score (nSPS) is 33.4.